The molecule has 32 heavy (non-hydrogen) atoms. The lowest BCUT2D eigenvalue weighted by molar-refractivity contribution is 0.0995. The van der Waals surface area contributed by atoms with Gasteiger partial charge >= 0.3 is 0 Å². The number of halogens is 4. The molecule has 3 rings (SSSR count). The zero-order valence-corrected chi connectivity index (χ0v) is 19.0. The number of hydrogen-bond acceptors (Lipinski definition) is 4. The molecule has 0 bridgehead atoms. The average molecular weight is 472 g/mol. The summed E-state index contributed by atoms with van der Waals surface area (Å²) in [4.78, 5) is 1.91. The predicted molar refractivity (Wildman–Crippen MR) is 115 cm³/mol. The Morgan fingerprint density at radius 1 is 1.03 bits per heavy atom. The summed E-state index contributed by atoms with van der Waals surface area (Å²) >= 11 is 0. The van der Waals surface area contributed by atoms with Crippen LogP contribution in [-0.4, -0.2) is 15.0 Å². The highest BCUT2D eigenvalue weighted by Crippen LogP contribution is 2.40. The van der Waals surface area contributed by atoms with Crippen molar-refractivity contribution in [1.82, 2.24) is 0 Å². The molecular formula is C23H25F4NO3S. The maximum absolute atomic E-state index is 14.2. The average Bonchev–Trinajstić information content (AvgIpc) is 2.75. The molecule has 0 aromatic heterocycles. The molecule has 9 heteroatoms. The second-order valence-electron chi connectivity index (χ2n) is 7.85. The van der Waals surface area contributed by atoms with Crippen molar-refractivity contribution in [1.29, 1.82) is 0 Å². The summed E-state index contributed by atoms with van der Waals surface area (Å²) in [5.41, 5.74) is 0.0498. The smallest absolute Gasteiger partial charge is 0.187 e. The molecule has 4 nitrogen and oxygen atoms in total. The van der Waals surface area contributed by atoms with Gasteiger partial charge in [-0.15, -0.1) is 0 Å². The van der Waals surface area contributed by atoms with Crippen molar-refractivity contribution in [2.45, 2.75) is 51.2 Å². The second-order valence-corrected chi connectivity index (χ2v) is 9.91. The van der Waals surface area contributed by atoms with Gasteiger partial charge in [0.25, 0.3) is 0 Å². The van der Waals surface area contributed by atoms with Crippen molar-refractivity contribution in [2.24, 2.45) is 0 Å². The number of anilines is 1. The van der Waals surface area contributed by atoms with Crippen molar-refractivity contribution in [3.63, 3.8) is 0 Å². The Morgan fingerprint density at radius 3 is 2.22 bits per heavy atom. The fourth-order valence-corrected chi connectivity index (χ4v) is 5.32. The van der Waals surface area contributed by atoms with Crippen molar-refractivity contribution in [2.75, 3.05) is 11.4 Å². The fourth-order valence-electron chi connectivity index (χ4n) is 3.83. The highest BCUT2D eigenvalue weighted by molar-refractivity contribution is 7.89. The SMILES string of the molecule is C=C1OC(CC)c2cc(CS(=O)(=O)Cc3c(F)c(F)c(C)c(F)c3F)ccc2N1CCC. The van der Waals surface area contributed by atoms with Crippen molar-refractivity contribution in [3.05, 3.63) is 76.2 Å². The number of ether oxygens (including phenoxy) is 1. The maximum atomic E-state index is 14.2. The van der Waals surface area contributed by atoms with Crippen molar-refractivity contribution in [3.8, 4) is 0 Å². The molecule has 1 atom stereocenters. The molecule has 0 radical (unpaired) electrons. The van der Waals surface area contributed by atoms with E-state index >= 15 is 0 Å². The second kappa shape index (κ2) is 9.13. The normalized spacial score (nSPS) is 16.2. The first-order valence-corrected chi connectivity index (χ1v) is 12.1. The van der Waals surface area contributed by atoms with Crippen LogP contribution in [0.3, 0.4) is 0 Å². The van der Waals surface area contributed by atoms with Crippen molar-refractivity contribution < 1.29 is 30.7 Å². The molecule has 0 spiro atoms. The summed E-state index contributed by atoms with van der Waals surface area (Å²) in [6, 6.07) is 5.05. The number of fused-ring (bicyclic) bond motifs is 1. The van der Waals surface area contributed by atoms with Gasteiger partial charge in [-0.25, -0.2) is 26.0 Å². The van der Waals surface area contributed by atoms with Crippen LogP contribution < -0.4 is 4.90 Å². The van der Waals surface area contributed by atoms with Crippen LogP contribution in [-0.2, 0) is 26.1 Å². The molecule has 1 heterocycles. The highest BCUT2D eigenvalue weighted by atomic mass is 32.2. The summed E-state index contributed by atoms with van der Waals surface area (Å²) in [7, 11) is -4.15. The zero-order chi connectivity index (χ0) is 23.8. The van der Waals surface area contributed by atoms with Crippen LogP contribution in [0.5, 0.6) is 0 Å². The summed E-state index contributed by atoms with van der Waals surface area (Å²) in [6.07, 6.45) is 1.15. The van der Waals surface area contributed by atoms with Gasteiger partial charge in [-0.1, -0.05) is 19.9 Å². The lowest BCUT2D eigenvalue weighted by Gasteiger charge is -2.37. The monoisotopic (exact) mass is 471 g/mol. The Morgan fingerprint density at radius 2 is 1.66 bits per heavy atom. The third-order valence-corrected chi connectivity index (χ3v) is 6.95. The predicted octanol–water partition coefficient (Wildman–Crippen LogP) is 5.84. The van der Waals surface area contributed by atoms with E-state index in [1.807, 2.05) is 18.7 Å². The molecule has 0 aliphatic carbocycles. The first kappa shape index (κ1) is 24.1. The molecular weight excluding hydrogens is 446 g/mol. The van der Waals surface area contributed by atoms with Crippen LogP contribution in [0.1, 0.15) is 55.0 Å². The first-order valence-electron chi connectivity index (χ1n) is 10.3. The summed E-state index contributed by atoms with van der Waals surface area (Å²) in [5.74, 6) is -7.78. The molecule has 1 unspecified atom stereocenters. The van der Waals surface area contributed by atoms with Gasteiger partial charge < -0.3 is 9.64 Å². The van der Waals surface area contributed by atoms with Gasteiger partial charge in [0.15, 0.2) is 39.0 Å². The van der Waals surface area contributed by atoms with E-state index in [4.69, 9.17) is 4.74 Å². The molecule has 0 fully saturated rings. The molecule has 0 saturated carbocycles. The zero-order valence-electron chi connectivity index (χ0n) is 18.1. The number of hydrogen-bond donors (Lipinski definition) is 0. The van der Waals surface area contributed by atoms with Gasteiger partial charge in [0.05, 0.1) is 17.2 Å². The fraction of sp³-hybridized carbons (Fsp3) is 0.391. The van der Waals surface area contributed by atoms with E-state index in [2.05, 4.69) is 6.58 Å². The number of sulfone groups is 1. The number of benzene rings is 2. The molecule has 1 aliphatic rings. The molecule has 174 valence electrons. The van der Waals surface area contributed by atoms with Crippen LogP contribution in [0.2, 0.25) is 0 Å². The van der Waals surface area contributed by atoms with Crippen molar-refractivity contribution >= 4 is 15.5 Å². The van der Waals surface area contributed by atoms with E-state index in [9.17, 15) is 26.0 Å². The van der Waals surface area contributed by atoms with Gasteiger partial charge in [0.1, 0.15) is 6.10 Å². The Bertz CT molecular complexity index is 1140. The molecule has 0 saturated heterocycles. The number of nitrogens with zero attached hydrogens (tertiary/aromatic N) is 1. The van der Waals surface area contributed by atoms with E-state index < -0.39 is 55.7 Å². The lowest BCUT2D eigenvalue weighted by Crippen LogP contribution is -2.31. The summed E-state index contributed by atoms with van der Waals surface area (Å²) < 4.78 is 87.3. The third kappa shape index (κ3) is 4.48. The number of rotatable bonds is 7. The minimum absolute atomic E-state index is 0.316. The van der Waals surface area contributed by atoms with Crippen LogP contribution >= 0.6 is 0 Å². The molecule has 1 aliphatic heterocycles. The Balaban J connectivity index is 1.94. The molecule has 0 amide bonds. The Labute approximate surface area is 185 Å². The third-order valence-electron chi connectivity index (χ3n) is 5.45. The standard InChI is InChI=1S/C23H25F4NO3S/c1-5-9-28-14(4)31-19(6-2)16-10-15(7-8-18(16)28)11-32(29,30)12-17-22(26)20(24)13(3)21(25)23(17)27/h7-8,10,19H,4-6,9,11-12H2,1-3H3. The van der Waals surface area contributed by atoms with Gasteiger partial charge in [-0.2, -0.15) is 0 Å². The molecule has 0 N–H and O–H groups in total. The molecule has 2 aromatic carbocycles. The van der Waals surface area contributed by atoms with Gasteiger partial charge in [0.2, 0.25) is 0 Å². The minimum atomic E-state index is -4.15. The lowest BCUT2D eigenvalue weighted by atomic mass is 10.00. The summed E-state index contributed by atoms with van der Waals surface area (Å²) in [6.45, 7) is 9.43. The van der Waals surface area contributed by atoms with Crippen LogP contribution in [0, 0.1) is 30.2 Å². The van der Waals surface area contributed by atoms with Gasteiger partial charge in [-0.3, -0.25) is 0 Å². The van der Waals surface area contributed by atoms with E-state index in [1.54, 1.807) is 18.2 Å². The first-order chi connectivity index (χ1) is 15.0. The van der Waals surface area contributed by atoms with Crippen LogP contribution in [0.15, 0.2) is 30.7 Å². The highest BCUT2D eigenvalue weighted by Gasteiger charge is 2.30. The van der Waals surface area contributed by atoms with Gasteiger partial charge in [0, 0.05) is 23.2 Å². The molecule has 2 aromatic rings. The Kier molecular flexibility index (Phi) is 6.88. The summed E-state index contributed by atoms with van der Waals surface area (Å²) in [5, 5.41) is 0. The minimum Gasteiger partial charge on any atom is -0.471 e. The topological polar surface area (TPSA) is 46.6 Å². The van der Waals surface area contributed by atoms with E-state index in [-0.39, 0.29) is 6.10 Å². The maximum Gasteiger partial charge on any atom is 0.187 e. The van der Waals surface area contributed by atoms with Crippen LogP contribution in [0.25, 0.3) is 0 Å². The van der Waals surface area contributed by atoms with E-state index in [0.717, 1.165) is 24.6 Å². The largest absolute Gasteiger partial charge is 0.471 e. The quantitative estimate of drug-likeness (QED) is 0.376. The van der Waals surface area contributed by atoms with E-state index in [1.165, 1.54) is 0 Å². The Hall–Kier alpha value is -2.55. The van der Waals surface area contributed by atoms with Crippen LogP contribution in [0.4, 0.5) is 23.2 Å². The van der Waals surface area contributed by atoms with E-state index in [0.29, 0.717) is 24.4 Å². The van der Waals surface area contributed by atoms with Gasteiger partial charge in [-0.05, 0) is 44.0 Å².